The minimum Gasteiger partial charge on any atom is -0.490 e. The molecule has 0 bridgehead atoms. The van der Waals surface area contributed by atoms with Crippen molar-refractivity contribution >= 4 is 11.6 Å². The van der Waals surface area contributed by atoms with Gasteiger partial charge in [-0.15, -0.1) is 0 Å². The number of aromatic nitrogens is 2. The van der Waals surface area contributed by atoms with Crippen molar-refractivity contribution in [3.8, 4) is 11.8 Å². The van der Waals surface area contributed by atoms with Gasteiger partial charge in [-0.3, -0.25) is 4.68 Å². The van der Waals surface area contributed by atoms with Crippen molar-refractivity contribution in [2.75, 3.05) is 6.61 Å². The first kappa shape index (κ1) is 11.5. The molecule has 0 N–H and O–H groups in total. The fraction of sp³-hybridized carbons (Fsp3) is 0.167. The molecule has 0 unspecified atom stereocenters. The lowest BCUT2D eigenvalue weighted by atomic mass is 10.2. The second-order valence-corrected chi connectivity index (χ2v) is 3.75. The maximum Gasteiger partial charge on any atom is 0.138 e. The standard InChI is InChI=1S/C12H10ClN3O/c13-11-3-1-4-12(10(11)9-14)17-8-7-16-6-2-5-15-16/h1-6H,7-8H2. The van der Waals surface area contributed by atoms with E-state index in [2.05, 4.69) is 5.10 Å². The zero-order chi connectivity index (χ0) is 12.1. The Kier molecular flexibility index (Phi) is 3.63. The molecule has 0 fully saturated rings. The lowest BCUT2D eigenvalue weighted by Gasteiger charge is -2.08. The largest absolute Gasteiger partial charge is 0.490 e. The molecule has 2 rings (SSSR count). The molecule has 2 aromatic rings. The van der Waals surface area contributed by atoms with Crippen LogP contribution in [0.5, 0.6) is 5.75 Å². The van der Waals surface area contributed by atoms with Crippen LogP contribution >= 0.6 is 11.6 Å². The summed E-state index contributed by atoms with van der Waals surface area (Å²) < 4.78 is 7.27. The van der Waals surface area contributed by atoms with Crippen molar-refractivity contribution in [3.05, 3.63) is 47.2 Å². The van der Waals surface area contributed by atoms with Crippen molar-refractivity contribution in [3.63, 3.8) is 0 Å². The SMILES string of the molecule is N#Cc1c(Cl)cccc1OCCn1cccn1. The van der Waals surface area contributed by atoms with E-state index in [0.717, 1.165) is 0 Å². The smallest absolute Gasteiger partial charge is 0.138 e. The number of ether oxygens (including phenoxy) is 1. The molecule has 0 amide bonds. The highest BCUT2D eigenvalue weighted by molar-refractivity contribution is 6.31. The van der Waals surface area contributed by atoms with E-state index in [9.17, 15) is 0 Å². The highest BCUT2D eigenvalue weighted by Crippen LogP contribution is 2.25. The van der Waals surface area contributed by atoms with E-state index < -0.39 is 0 Å². The van der Waals surface area contributed by atoms with E-state index in [0.29, 0.717) is 29.5 Å². The Morgan fingerprint density at radius 2 is 2.29 bits per heavy atom. The number of nitriles is 1. The molecular formula is C12H10ClN3O. The van der Waals surface area contributed by atoms with E-state index in [1.807, 2.05) is 18.3 Å². The van der Waals surface area contributed by atoms with Crippen LogP contribution in [0.4, 0.5) is 0 Å². The summed E-state index contributed by atoms with van der Waals surface area (Å²) in [7, 11) is 0. The van der Waals surface area contributed by atoms with Gasteiger partial charge in [0.1, 0.15) is 24.0 Å². The van der Waals surface area contributed by atoms with Gasteiger partial charge in [-0.1, -0.05) is 17.7 Å². The average Bonchev–Trinajstić information content (AvgIpc) is 2.82. The zero-order valence-corrected chi connectivity index (χ0v) is 9.76. The second-order valence-electron chi connectivity index (χ2n) is 3.34. The lowest BCUT2D eigenvalue weighted by molar-refractivity contribution is 0.290. The van der Waals surface area contributed by atoms with Gasteiger partial charge in [0.2, 0.25) is 0 Å². The van der Waals surface area contributed by atoms with Gasteiger partial charge in [0.05, 0.1) is 11.6 Å². The van der Waals surface area contributed by atoms with Crippen molar-refractivity contribution in [2.24, 2.45) is 0 Å². The van der Waals surface area contributed by atoms with Gasteiger partial charge in [0, 0.05) is 12.4 Å². The summed E-state index contributed by atoms with van der Waals surface area (Å²) >= 11 is 5.89. The molecule has 1 aromatic carbocycles. The zero-order valence-electron chi connectivity index (χ0n) is 9.01. The van der Waals surface area contributed by atoms with Gasteiger partial charge in [-0.25, -0.2) is 0 Å². The minimum absolute atomic E-state index is 0.370. The fourth-order valence-electron chi connectivity index (χ4n) is 1.41. The van der Waals surface area contributed by atoms with E-state index in [-0.39, 0.29) is 0 Å². The van der Waals surface area contributed by atoms with Crippen LogP contribution in [0.3, 0.4) is 0 Å². The van der Waals surface area contributed by atoms with Gasteiger partial charge in [-0.05, 0) is 18.2 Å². The molecule has 0 aliphatic heterocycles. The summed E-state index contributed by atoms with van der Waals surface area (Å²) in [5.74, 6) is 0.507. The van der Waals surface area contributed by atoms with Gasteiger partial charge < -0.3 is 4.74 Å². The van der Waals surface area contributed by atoms with Crippen molar-refractivity contribution < 1.29 is 4.74 Å². The number of hydrogen-bond donors (Lipinski definition) is 0. The topological polar surface area (TPSA) is 50.8 Å². The number of rotatable bonds is 4. The third-order valence-electron chi connectivity index (χ3n) is 2.22. The summed E-state index contributed by atoms with van der Waals surface area (Å²) in [4.78, 5) is 0. The highest BCUT2D eigenvalue weighted by atomic mass is 35.5. The molecule has 0 aliphatic carbocycles. The molecule has 86 valence electrons. The molecule has 4 nitrogen and oxygen atoms in total. The summed E-state index contributed by atoms with van der Waals surface area (Å²) in [5, 5.41) is 13.4. The second kappa shape index (κ2) is 5.37. The van der Waals surface area contributed by atoms with Crippen molar-refractivity contribution in [2.45, 2.75) is 6.54 Å². The minimum atomic E-state index is 0.370. The fourth-order valence-corrected chi connectivity index (χ4v) is 1.62. The summed E-state index contributed by atoms with van der Waals surface area (Å²) in [6, 6.07) is 9.03. The Labute approximate surface area is 104 Å². The van der Waals surface area contributed by atoms with Crippen LogP contribution < -0.4 is 4.74 Å². The Hall–Kier alpha value is -1.99. The molecule has 0 atom stereocenters. The van der Waals surface area contributed by atoms with Crippen LogP contribution in [-0.2, 0) is 6.54 Å². The number of nitrogens with zero attached hydrogens (tertiary/aromatic N) is 3. The summed E-state index contributed by atoms with van der Waals surface area (Å²) in [6.07, 6.45) is 3.56. The maximum atomic E-state index is 8.95. The van der Waals surface area contributed by atoms with Crippen LogP contribution in [0.2, 0.25) is 5.02 Å². The number of benzene rings is 1. The van der Waals surface area contributed by atoms with E-state index in [1.165, 1.54) is 0 Å². The quantitative estimate of drug-likeness (QED) is 0.834. The lowest BCUT2D eigenvalue weighted by Crippen LogP contribution is -2.09. The van der Waals surface area contributed by atoms with Crippen molar-refractivity contribution in [1.82, 2.24) is 9.78 Å². The highest BCUT2D eigenvalue weighted by Gasteiger charge is 2.06. The monoisotopic (exact) mass is 247 g/mol. The van der Waals surface area contributed by atoms with Crippen LogP contribution in [0.25, 0.3) is 0 Å². The predicted molar refractivity (Wildman–Crippen MR) is 63.9 cm³/mol. The molecule has 0 saturated heterocycles. The Morgan fingerprint density at radius 3 is 3.00 bits per heavy atom. The predicted octanol–water partition coefficient (Wildman–Crippen LogP) is 2.49. The Morgan fingerprint density at radius 1 is 1.41 bits per heavy atom. The molecule has 1 heterocycles. The third-order valence-corrected chi connectivity index (χ3v) is 2.54. The molecular weight excluding hydrogens is 238 g/mol. The third kappa shape index (κ3) is 2.77. The van der Waals surface area contributed by atoms with Gasteiger partial charge in [0.15, 0.2) is 0 Å². The number of hydrogen-bond acceptors (Lipinski definition) is 3. The summed E-state index contributed by atoms with van der Waals surface area (Å²) in [5.41, 5.74) is 0.370. The van der Waals surface area contributed by atoms with Crippen LogP contribution in [0, 0.1) is 11.3 Å². The molecule has 0 radical (unpaired) electrons. The van der Waals surface area contributed by atoms with E-state index in [1.54, 1.807) is 29.1 Å². The van der Waals surface area contributed by atoms with Crippen LogP contribution in [-0.4, -0.2) is 16.4 Å². The Bertz CT molecular complexity index is 531. The maximum absolute atomic E-state index is 8.95. The molecule has 5 heteroatoms. The van der Waals surface area contributed by atoms with E-state index >= 15 is 0 Å². The molecule has 0 saturated carbocycles. The van der Waals surface area contributed by atoms with Crippen LogP contribution in [0.15, 0.2) is 36.7 Å². The molecule has 0 aliphatic rings. The average molecular weight is 248 g/mol. The van der Waals surface area contributed by atoms with Gasteiger partial charge >= 0.3 is 0 Å². The van der Waals surface area contributed by atoms with Gasteiger partial charge in [-0.2, -0.15) is 10.4 Å². The molecule has 17 heavy (non-hydrogen) atoms. The van der Waals surface area contributed by atoms with Crippen molar-refractivity contribution in [1.29, 1.82) is 5.26 Å². The first-order valence-corrected chi connectivity index (χ1v) is 5.48. The first-order chi connectivity index (χ1) is 8.31. The van der Waals surface area contributed by atoms with Crippen LogP contribution in [0.1, 0.15) is 5.56 Å². The normalized spacial score (nSPS) is 9.88. The molecule has 0 spiro atoms. The van der Waals surface area contributed by atoms with E-state index in [4.69, 9.17) is 21.6 Å². The molecule has 1 aromatic heterocycles. The summed E-state index contributed by atoms with van der Waals surface area (Å²) in [6.45, 7) is 1.07. The Balaban J connectivity index is 2.00. The first-order valence-electron chi connectivity index (χ1n) is 5.10. The van der Waals surface area contributed by atoms with Gasteiger partial charge in [0.25, 0.3) is 0 Å². The number of halogens is 1.